The fourth-order valence-corrected chi connectivity index (χ4v) is 3.06. The Hall–Kier alpha value is -2.67. The van der Waals surface area contributed by atoms with Gasteiger partial charge in [-0.25, -0.2) is 0 Å². The first-order chi connectivity index (χ1) is 12.1. The van der Waals surface area contributed by atoms with Crippen LogP contribution in [0.3, 0.4) is 0 Å². The molecule has 7 heteroatoms. The summed E-state index contributed by atoms with van der Waals surface area (Å²) in [4.78, 5) is 12.1. The molecule has 0 spiro atoms. The largest absolute Gasteiger partial charge is 0.351 e. The standard InChI is InChI=1S/C18H19N5OS/c1-13-8-9-14(2)16(10-13)23-18(20-21-22-23)25-12-17(24)19-11-15-6-4-3-5-7-15/h3-10H,11-12H2,1-2H3,(H,19,24). The van der Waals surface area contributed by atoms with Crippen LogP contribution in [0.4, 0.5) is 0 Å². The molecule has 1 N–H and O–H groups in total. The third-order valence-electron chi connectivity index (χ3n) is 3.70. The van der Waals surface area contributed by atoms with E-state index in [1.54, 1.807) is 4.68 Å². The summed E-state index contributed by atoms with van der Waals surface area (Å²) in [5.74, 6) is 0.210. The van der Waals surface area contributed by atoms with Crippen molar-refractivity contribution >= 4 is 17.7 Å². The summed E-state index contributed by atoms with van der Waals surface area (Å²) in [6.45, 7) is 4.55. The van der Waals surface area contributed by atoms with Crippen LogP contribution in [0.5, 0.6) is 0 Å². The molecule has 3 rings (SSSR count). The molecule has 0 saturated carbocycles. The van der Waals surface area contributed by atoms with Gasteiger partial charge in [0.15, 0.2) is 0 Å². The Morgan fingerprint density at radius 2 is 1.96 bits per heavy atom. The molecule has 0 radical (unpaired) electrons. The summed E-state index contributed by atoms with van der Waals surface area (Å²) < 4.78 is 1.68. The zero-order valence-corrected chi connectivity index (χ0v) is 15.0. The summed E-state index contributed by atoms with van der Waals surface area (Å²) >= 11 is 1.32. The molecule has 3 aromatic rings. The zero-order valence-electron chi connectivity index (χ0n) is 14.1. The lowest BCUT2D eigenvalue weighted by Crippen LogP contribution is -2.24. The second-order valence-electron chi connectivity index (χ2n) is 5.71. The van der Waals surface area contributed by atoms with E-state index >= 15 is 0 Å². The molecule has 0 aliphatic heterocycles. The lowest BCUT2D eigenvalue weighted by Gasteiger charge is -2.09. The van der Waals surface area contributed by atoms with Crippen LogP contribution in [0.2, 0.25) is 0 Å². The second kappa shape index (κ2) is 7.94. The number of benzene rings is 2. The molecular formula is C18H19N5OS. The molecule has 0 atom stereocenters. The third-order valence-corrected chi connectivity index (χ3v) is 4.62. The Bertz CT molecular complexity index is 863. The monoisotopic (exact) mass is 353 g/mol. The molecule has 1 aromatic heterocycles. The third kappa shape index (κ3) is 4.45. The minimum absolute atomic E-state index is 0.0515. The number of aromatic nitrogens is 4. The Labute approximate surface area is 150 Å². The number of rotatable bonds is 6. The van der Waals surface area contributed by atoms with Gasteiger partial charge in [0.05, 0.1) is 11.4 Å². The van der Waals surface area contributed by atoms with Crippen LogP contribution < -0.4 is 5.32 Å². The minimum atomic E-state index is -0.0515. The smallest absolute Gasteiger partial charge is 0.230 e. The first-order valence-electron chi connectivity index (χ1n) is 7.93. The summed E-state index contributed by atoms with van der Waals surface area (Å²) in [5, 5.41) is 15.4. The fraction of sp³-hybridized carbons (Fsp3) is 0.222. The lowest BCUT2D eigenvalue weighted by atomic mass is 10.1. The average molecular weight is 353 g/mol. The lowest BCUT2D eigenvalue weighted by molar-refractivity contribution is -0.118. The Morgan fingerprint density at radius 1 is 1.16 bits per heavy atom. The van der Waals surface area contributed by atoms with Crippen molar-refractivity contribution in [2.45, 2.75) is 25.5 Å². The van der Waals surface area contributed by atoms with Gasteiger partial charge in [-0.15, -0.1) is 5.10 Å². The second-order valence-corrected chi connectivity index (χ2v) is 6.66. The average Bonchev–Trinajstić information content (AvgIpc) is 3.09. The highest BCUT2D eigenvalue weighted by atomic mass is 32.2. The van der Waals surface area contributed by atoms with E-state index in [2.05, 4.69) is 20.8 Å². The van der Waals surface area contributed by atoms with E-state index in [0.717, 1.165) is 22.4 Å². The van der Waals surface area contributed by atoms with E-state index < -0.39 is 0 Å². The number of tetrazole rings is 1. The summed E-state index contributed by atoms with van der Waals surface area (Å²) in [6, 6.07) is 15.9. The minimum Gasteiger partial charge on any atom is -0.351 e. The summed E-state index contributed by atoms with van der Waals surface area (Å²) in [5.41, 5.74) is 4.21. The van der Waals surface area contributed by atoms with E-state index in [-0.39, 0.29) is 11.7 Å². The first-order valence-corrected chi connectivity index (χ1v) is 8.91. The highest BCUT2D eigenvalue weighted by Gasteiger charge is 2.13. The van der Waals surface area contributed by atoms with Crippen molar-refractivity contribution in [3.63, 3.8) is 0 Å². The van der Waals surface area contributed by atoms with Gasteiger partial charge in [-0.2, -0.15) is 4.68 Å². The number of hydrogen-bond donors (Lipinski definition) is 1. The van der Waals surface area contributed by atoms with Crippen LogP contribution in [0.25, 0.3) is 5.69 Å². The molecule has 0 bridgehead atoms. The van der Waals surface area contributed by atoms with Crippen molar-refractivity contribution in [1.82, 2.24) is 25.5 Å². The van der Waals surface area contributed by atoms with Crippen molar-refractivity contribution in [2.75, 3.05) is 5.75 Å². The van der Waals surface area contributed by atoms with Gasteiger partial charge in [0.1, 0.15) is 0 Å². The van der Waals surface area contributed by atoms with Crippen molar-refractivity contribution in [1.29, 1.82) is 0 Å². The van der Waals surface area contributed by atoms with Crippen molar-refractivity contribution in [3.8, 4) is 5.69 Å². The van der Waals surface area contributed by atoms with Gasteiger partial charge in [0, 0.05) is 6.54 Å². The van der Waals surface area contributed by atoms with E-state index in [1.165, 1.54) is 11.8 Å². The highest BCUT2D eigenvalue weighted by molar-refractivity contribution is 7.99. The van der Waals surface area contributed by atoms with Gasteiger partial charge in [0.25, 0.3) is 0 Å². The summed E-state index contributed by atoms with van der Waals surface area (Å²) in [6.07, 6.45) is 0. The van der Waals surface area contributed by atoms with Gasteiger partial charge in [0.2, 0.25) is 11.1 Å². The van der Waals surface area contributed by atoms with Crippen LogP contribution in [0, 0.1) is 13.8 Å². The number of nitrogens with one attached hydrogen (secondary N) is 1. The predicted octanol–water partition coefficient (Wildman–Crippen LogP) is 2.69. The molecular weight excluding hydrogens is 334 g/mol. The van der Waals surface area contributed by atoms with Crippen LogP contribution in [0.15, 0.2) is 53.7 Å². The molecule has 0 fully saturated rings. The zero-order chi connectivity index (χ0) is 17.6. The molecule has 1 amide bonds. The molecule has 6 nitrogen and oxygen atoms in total. The highest BCUT2D eigenvalue weighted by Crippen LogP contribution is 2.21. The number of hydrogen-bond acceptors (Lipinski definition) is 5. The van der Waals surface area contributed by atoms with Gasteiger partial charge < -0.3 is 5.32 Å². The van der Waals surface area contributed by atoms with Crippen molar-refractivity contribution in [2.24, 2.45) is 0 Å². The van der Waals surface area contributed by atoms with E-state index in [1.807, 2.05) is 62.4 Å². The number of nitrogens with zero attached hydrogens (tertiary/aromatic N) is 4. The predicted molar refractivity (Wildman–Crippen MR) is 97.6 cm³/mol. The van der Waals surface area contributed by atoms with Crippen LogP contribution >= 0.6 is 11.8 Å². The maximum atomic E-state index is 12.1. The first kappa shape index (κ1) is 17.2. The van der Waals surface area contributed by atoms with Gasteiger partial charge in [-0.05, 0) is 47.0 Å². The molecule has 2 aromatic carbocycles. The number of carbonyl (C=O) groups is 1. The number of aryl methyl sites for hydroxylation is 2. The molecule has 0 unspecified atom stereocenters. The topological polar surface area (TPSA) is 72.7 Å². The van der Waals surface area contributed by atoms with E-state index in [0.29, 0.717) is 11.7 Å². The number of carbonyl (C=O) groups excluding carboxylic acids is 1. The molecule has 0 saturated heterocycles. The van der Waals surface area contributed by atoms with Crippen LogP contribution in [-0.4, -0.2) is 31.9 Å². The van der Waals surface area contributed by atoms with Gasteiger partial charge >= 0.3 is 0 Å². The Balaban J connectivity index is 1.62. The molecule has 0 aliphatic carbocycles. The van der Waals surface area contributed by atoms with Crippen LogP contribution in [0.1, 0.15) is 16.7 Å². The molecule has 128 valence electrons. The van der Waals surface area contributed by atoms with Crippen molar-refractivity contribution < 1.29 is 4.79 Å². The fourth-order valence-electron chi connectivity index (χ4n) is 2.35. The molecule has 1 heterocycles. The summed E-state index contributed by atoms with van der Waals surface area (Å²) in [7, 11) is 0. The maximum absolute atomic E-state index is 12.1. The van der Waals surface area contributed by atoms with Gasteiger partial charge in [-0.3, -0.25) is 4.79 Å². The number of thioether (sulfide) groups is 1. The maximum Gasteiger partial charge on any atom is 0.230 e. The molecule has 0 aliphatic rings. The van der Waals surface area contributed by atoms with Crippen LogP contribution in [-0.2, 0) is 11.3 Å². The normalized spacial score (nSPS) is 10.6. The molecule has 25 heavy (non-hydrogen) atoms. The number of amides is 1. The SMILES string of the molecule is Cc1ccc(C)c(-n2nnnc2SCC(=O)NCc2ccccc2)c1. The van der Waals surface area contributed by atoms with E-state index in [4.69, 9.17) is 0 Å². The Kier molecular flexibility index (Phi) is 5.45. The van der Waals surface area contributed by atoms with Crippen molar-refractivity contribution in [3.05, 3.63) is 65.2 Å². The quantitative estimate of drug-likeness (QED) is 0.690. The van der Waals surface area contributed by atoms with Gasteiger partial charge in [-0.1, -0.05) is 54.2 Å². The Morgan fingerprint density at radius 3 is 2.76 bits per heavy atom. The van der Waals surface area contributed by atoms with E-state index in [9.17, 15) is 4.79 Å².